The molecule has 9 heteroatoms. The van der Waals surface area contributed by atoms with E-state index in [0.29, 0.717) is 17.2 Å². The average molecular weight is 425 g/mol. The molecule has 0 saturated carbocycles. The number of carbonyl (C=O) groups is 3. The van der Waals surface area contributed by atoms with Crippen LogP contribution in [0.3, 0.4) is 0 Å². The number of methoxy groups -OCH3 is 1. The Morgan fingerprint density at radius 1 is 1.16 bits per heavy atom. The van der Waals surface area contributed by atoms with Gasteiger partial charge in [-0.25, -0.2) is 4.79 Å². The van der Waals surface area contributed by atoms with Gasteiger partial charge in [0.05, 0.1) is 7.11 Å². The van der Waals surface area contributed by atoms with Crippen LogP contribution in [0.2, 0.25) is 0 Å². The van der Waals surface area contributed by atoms with Gasteiger partial charge in [0.2, 0.25) is 12.7 Å². The van der Waals surface area contributed by atoms with Crippen LogP contribution in [0.1, 0.15) is 18.1 Å². The third kappa shape index (κ3) is 4.25. The van der Waals surface area contributed by atoms with Gasteiger partial charge in [0.25, 0.3) is 5.91 Å². The first-order valence-electron chi connectivity index (χ1n) is 9.80. The van der Waals surface area contributed by atoms with E-state index in [-0.39, 0.29) is 26.3 Å². The first-order chi connectivity index (χ1) is 14.9. The summed E-state index contributed by atoms with van der Waals surface area (Å²) in [7, 11) is 1.57. The van der Waals surface area contributed by atoms with Crippen LogP contribution in [0, 0.1) is 0 Å². The minimum atomic E-state index is -1.15. The molecule has 4 rings (SSSR count). The Balaban J connectivity index is 1.37. The van der Waals surface area contributed by atoms with E-state index in [4.69, 9.17) is 14.2 Å². The summed E-state index contributed by atoms with van der Waals surface area (Å²) in [6.07, 6.45) is 0.260. The molecule has 2 aromatic rings. The zero-order valence-electron chi connectivity index (χ0n) is 17.3. The zero-order valence-corrected chi connectivity index (χ0v) is 17.3. The van der Waals surface area contributed by atoms with Crippen molar-refractivity contribution in [3.63, 3.8) is 0 Å². The van der Waals surface area contributed by atoms with E-state index in [0.717, 1.165) is 16.0 Å². The van der Waals surface area contributed by atoms with Gasteiger partial charge >= 0.3 is 6.03 Å². The Kier molecular flexibility index (Phi) is 5.41. The molecule has 9 nitrogen and oxygen atoms in total. The van der Waals surface area contributed by atoms with E-state index in [9.17, 15) is 14.4 Å². The van der Waals surface area contributed by atoms with Gasteiger partial charge in [0, 0.05) is 13.0 Å². The van der Waals surface area contributed by atoms with Crippen molar-refractivity contribution in [3.8, 4) is 17.2 Å². The Morgan fingerprint density at radius 2 is 1.97 bits per heavy atom. The Bertz CT molecular complexity index is 1040. The molecule has 1 saturated heterocycles. The van der Waals surface area contributed by atoms with Gasteiger partial charge in [-0.15, -0.1) is 0 Å². The molecule has 0 spiro atoms. The molecule has 0 radical (unpaired) electrons. The van der Waals surface area contributed by atoms with Crippen molar-refractivity contribution in [1.29, 1.82) is 0 Å². The molecular weight excluding hydrogens is 402 g/mol. The van der Waals surface area contributed by atoms with Crippen molar-refractivity contribution in [3.05, 3.63) is 53.6 Å². The summed E-state index contributed by atoms with van der Waals surface area (Å²) in [5, 5.41) is 5.43. The van der Waals surface area contributed by atoms with Crippen molar-refractivity contribution in [2.24, 2.45) is 0 Å². The maximum atomic E-state index is 13.0. The maximum Gasteiger partial charge on any atom is 0.325 e. The summed E-state index contributed by atoms with van der Waals surface area (Å²) in [6, 6.07) is 12.1. The van der Waals surface area contributed by atoms with Crippen LogP contribution < -0.4 is 24.8 Å². The lowest BCUT2D eigenvalue weighted by molar-refractivity contribution is -0.134. The van der Waals surface area contributed by atoms with Gasteiger partial charge in [0.15, 0.2) is 11.5 Å². The molecule has 0 bridgehead atoms. The van der Waals surface area contributed by atoms with E-state index in [1.165, 1.54) is 0 Å². The number of nitrogens with zero attached hydrogens (tertiary/aromatic N) is 1. The Hall–Kier alpha value is -3.75. The monoisotopic (exact) mass is 425 g/mol. The average Bonchev–Trinajstić information content (AvgIpc) is 3.30. The van der Waals surface area contributed by atoms with Crippen LogP contribution in [-0.2, 0) is 22.6 Å². The Labute approximate surface area is 179 Å². The second-order valence-corrected chi connectivity index (χ2v) is 7.65. The van der Waals surface area contributed by atoms with Crippen LogP contribution in [0.15, 0.2) is 42.5 Å². The van der Waals surface area contributed by atoms with E-state index in [2.05, 4.69) is 10.6 Å². The number of hydrogen-bond donors (Lipinski definition) is 2. The van der Waals surface area contributed by atoms with E-state index in [1.807, 2.05) is 18.2 Å². The summed E-state index contributed by atoms with van der Waals surface area (Å²) >= 11 is 0. The Morgan fingerprint density at radius 3 is 2.77 bits per heavy atom. The third-order valence-corrected chi connectivity index (χ3v) is 5.27. The second-order valence-electron chi connectivity index (χ2n) is 7.65. The highest BCUT2D eigenvalue weighted by molar-refractivity contribution is 6.08. The first-order valence-corrected chi connectivity index (χ1v) is 9.80. The van der Waals surface area contributed by atoms with Crippen LogP contribution in [0.5, 0.6) is 17.2 Å². The molecular formula is C22H23N3O6. The largest absolute Gasteiger partial charge is 0.497 e. The van der Waals surface area contributed by atoms with Crippen molar-refractivity contribution in [2.75, 3.05) is 20.4 Å². The zero-order chi connectivity index (χ0) is 22.0. The smallest absolute Gasteiger partial charge is 0.325 e. The molecule has 1 fully saturated rings. The van der Waals surface area contributed by atoms with Crippen molar-refractivity contribution < 1.29 is 28.6 Å². The fraction of sp³-hybridized carbons (Fsp3) is 0.318. The number of imide groups is 1. The van der Waals surface area contributed by atoms with Gasteiger partial charge in [-0.3, -0.25) is 14.5 Å². The summed E-state index contributed by atoms with van der Waals surface area (Å²) in [5.41, 5.74) is 0.500. The summed E-state index contributed by atoms with van der Waals surface area (Å²) in [6.45, 7) is 1.70. The molecule has 0 aromatic heterocycles. The van der Waals surface area contributed by atoms with E-state index >= 15 is 0 Å². The summed E-state index contributed by atoms with van der Waals surface area (Å²) in [4.78, 5) is 38.7. The highest BCUT2D eigenvalue weighted by atomic mass is 16.7. The number of benzene rings is 2. The maximum absolute atomic E-state index is 13.0. The first kappa shape index (κ1) is 20.5. The number of carbonyl (C=O) groups excluding carboxylic acids is 3. The molecule has 2 aliphatic heterocycles. The second kappa shape index (κ2) is 8.17. The summed E-state index contributed by atoms with van der Waals surface area (Å²) < 4.78 is 15.8. The van der Waals surface area contributed by atoms with Crippen molar-refractivity contribution >= 4 is 17.8 Å². The molecule has 162 valence electrons. The van der Waals surface area contributed by atoms with Crippen molar-refractivity contribution in [1.82, 2.24) is 15.5 Å². The number of fused-ring (bicyclic) bond motifs is 1. The quantitative estimate of drug-likeness (QED) is 0.653. The van der Waals surface area contributed by atoms with E-state index in [1.54, 1.807) is 38.3 Å². The van der Waals surface area contributed by atoms with Crippen LogP contribution in [-0.4, -0.2) is 48.7 Å². The number of ether oxygens (including phenoxy) is 3. The molecule has 4 amide bonds. The van der Waals surface area contributed by atoms with Gasteiger partial charge < -0.3 is 24.8 Å². The molecule has 1 atom stereocenters. The van der Waals surface area contributed by atoms with Gasteiger partial charge in [0.1, 0.15) is 17.8 Å². The van der Waals surface area contributed by atoms with Crippen molar-refractivity contribution in [2.45, 2.75) is 25.4 Å². The summed E-state index contributed by atoms with van der Waals surface area (Å²) in [5.74, 6) is 1.04. The van der Waals surface area contributed by atoms with Crippen LogP contribution in [0.4, 0.5) is 4.79 Å². The lowest BCUT2D eigenvalue weighted by Gasteiger charge is -2.22. The van der Waals surface area contributed by atoms with Gasteiger partial charge in [-0.05, 0) is 42.3 Å². The van der Waals surface area contributed by atoms with Gasteiger partial charge in [-0.2, -0.15) is 0 Å². The molecule has 31 heavy (non-hydrogen) atoms. The predicted octanol–water partition coefficient (Wildman–Crippen LogP) is 1.59. The van der Waals surface area contributed by atoms with Gasteiger partial charge in [-0.1, -0.05) is 18.2 Å². The predicted molar refractivity (Wildman–Crippen MR) is 110 cm³/mol. The van der Waals surface area contributed by atoms with E-state index < -0.39 is 23.4 Å². The molecule has 2 N–H and O–H groups in total. The molecule has 0 aliphatic carbocycles. The highest BCUT2D eigenvalue weighted by Gasteiger charge is 2.48. The number of amides is 4. The normalized spacial score (nSPS) is 19.4. The lowest BCUT2D eigenvalue weighted by atomic mass is 9.92. The molecule has 2 aromatic carbocycles. The highest BCUT2D eigenvalue weighted by Crippen LogP contribution is 2.34. The molecule has 1 unspecified atom stereocenters. The fourth-order valence-corrected chi connectivity index (χ4v) is 3.65. The fourth-order valence-electron chi connectivity index (χ4n) is 3.65. The topological polar surface area (TPSA) is 106 Å². The van der Waals surface area contributed by atoms with Crippen LogP contribution in [0.25, 0.3) is 0 Å². The SMILES string of the molecule is COc1cccc(CNC(=O)CN2C(=O)NC(C)(Cc3ccc4c(c3)OCO4)C2=O)c1. The number of urea groups is 1. The third-order valence-electron chi connectivity index (χ3n) is 5.27. The molecule has 2 heterocycles. The minimum Gasteiger partial charge on any atom is -0.497 e. The van der Waals surface area contributed by atoms with Crippen LogP contribution >= 0.6 is 0 Å². The number of hydrogen-bond acceptors (Lipinski definition) is 6. The standard InChI is InChI=1S/C22H23N3O6/c1-22(10-14-6-7-17-18(9-14)31-13-30-17)20(27)25(21(28)24-22)12-19(26)23-11-15-4-3-5-16(8-15)29-2/h3-9H,10-13H2,1-2H3,(H,23,26)(H,24,28). The minimum absolute atomic E-state index is 0.157. The number of nitrogens with one attached hydrogen (secondary N) is 2. The number of rotatable bonds is 7. The lowest BCUT2D eigenvalue weighted by Crippen LogP contribution is -2.46. The molecule has 2 aliphatic rings.